The van der Waals surface area contributed by atoms with E-state index in [0.29, 0.717) is 33.3 Å². The zero-order valence-corrected chi connectivity index (χ0v) is 21.0. The molecule has 0 aromatic heterocycles. The monoisotopic (exact) mass is 502 g/mol. The van der Waals surface area contributed by atoms with E-state index < -0.39 is 28.5 Å². The molecule has 3 rings (SSSR count). The molecule has 0 spiro atoms. The first kappa shape index (κ1) is 25.4. The average molecular weight is 503 g/mol. The fraction of sp³-hybridized carbons (Fsp3) is 0.240. The Morgan fingerprint density at radius 3 is 2.35 bits per heavy atom. The Morgan fingerprint density at radius 2 is 1.74 bits per heavy atom. The molecule has 34 heavy (non-hydrogen) atoms. The van der Waals surface area contributed by atoms with Crippen LogP contribution in [-0.4, -0.2) is 35.1 Å². The zero-order chi connectivity index (χ0) is 24.9. The third-order valence-electron chi connectivity index (χ3n) is 5.33. The molecule has 0 bridgehead atoms. The predicted octanol–water partition coefficient (Wildman–Crippen LogP) is 4.74. The van der Waals surface area contributed by atoms with Gasteiger partial charge in [-0.25, -0.2) is 8.42 Å². The number of rotatable bonds is 9. The molecule has 0 saturated heterocycles. The molecule has 0 radical (unpaired) electrons. The summed E-state index contributed by atoms with van der Waals surface area (Å²) in [6, 6.07) is 17.7. The fourth-order valence-corrected chi connectivity index (χ4v) is 5.32. The van der Waals surface area contributed by atoms with Crippen molar-refractivity contribution in [3.63, 3.8) is 0 Å². The highest BCUT2D eigenvalue weighted by molar-refractivity contribution is 7.92. The van der Waals surface area contributed by atoms with Crippen molar-refractivity contribution in [1.29, 1.82) is 0 Å². The van der Waals surface area contributed by atoms with Crippen LogP contribution in [0.4, 0.5) is 5.69 Å². The molecule has 0 aliphatic rings. The largest absolute Gasteiger partial charge is 0.497 e. The zero-order valence-electron chi connectivity index (χ0n) is 19.4. The molecule has 0 fully saturated rings. The second-order valence-corrected chi connectivity index (χ2v) is 9.95. The molecule has 1 N–H and O–H groups in total. The van der Waals surface area contributed by atoms with Gasteiger partial charge in [-0.3, -0.25) is 9.10 Å². The summed E-state index contributed by atoms with van der Waals surface area (Å²) in [4.78, 5) is 13.2. The molecule has 0 unspecified atom stereocenters. The Bertz CT molecular complexity index is 1270. The van der Waals surface area contributed by atoms with Gasteiger partial charge in [-0.15, -0.1) is 0 Å². The molecular formula is C25H27ClN2O5S. The minimum Gasteiger partial charge on any atom is -0.497 e. The number of anilines is 1. The van der Waals surface area contributed by atoms with Gasteiger partial charge in [-0.1, -0.05) is 29.8 Å². The number of amides is 1. The lowest BCUT2D eigenvalue weighted by Crippen LogP contribution is -2.42. The van der Waals surface area contributed by atoms with Crippen molar-refractivity contribution in [2.45, 2.75) is 24.8 Å². The molecule has 0 aliphatic heterocycles. The number of sulfonamides is 1. The van der Waals surface area contributed by atoms with Gasteiger partial charge >= 0.3 is 0 Å². The van der Waals surface area contributed by atoms with Gasteiger partial charge in [0, 0.05) is 10.6 Å². The van der Waals surface area contributed by atoms with Gasteiger partial charge in [-0.2, -0.15) is 0 Å². The fourth-order valence-electron chi connectivity index (χ4n) is 3.59. The van der Waals surface area contributed by atoms with E-state index in [1.165, 1.54) is 19.2 Å². The van der Waals surface area contributed by atoms with Crippen molar-refractivity contribution in [1.82, 2.24) is 5.32 Å². The third kappa shape index (κ3) is 5.63. The molecule has 7 nitrogen and oxygen atoms in total. The summed E-state index contributed by atoms with van der Waals surface area (Å²) in [6.07, 6.45) is 0. The van der Waals surface area contributed by atoms with Crippen molar-refractivity contribution in [3.8, 4) is 11.5 Å². The number of benzene rings is 3. The summed E-state index contributed by atoms with van der Waals surface area (Å²) in [5.74, 6) is 0.712. The first-order valence-corrected chi connectivity index (χ1v) is 12.3. The Hall–Kier alpha value is -3.23. The Morgan fingerprint density at radius 1 is 1.03 bits per heavy atom. The summed E-state index contributed by atoms with van der Waals surface area (Å²) in [6.45, 7) is 3.12. The van der Waals surface area contributed by atoms with Crippen molar-refractivity contribution in [2.75, 3.05) is 25.1 Å². The number of carbonyl (C=O) groups is 1. The van der Waals surface area contributed by atoms with E-state index >= 15 is 0 Å². The number of ether oxygens (including phenoxy) is 2. The predicted molar refractivity (Wildman–Crippen MR) is 133 cm³/mol. The summed E-state index contributed by atoms with van der Waals surface area (Å²) in [5.41, 5.74) is 1.70. The summed E-state index contributed by atoms with van der Waals surface area (Å²) >= 11 is 6.08. The Labute approximate surface area is 205 Å². The topological polar surface area (TPSA) is 84.9 Å². The van der Waals surface area contributed by atoms with E-state index in [0.717, 1.165) is 4.31 Å². The second-order valence-electron chi connectivity index (χ2n) is 7.65. The van der Waals surface area contributed by atoms with Crippen LogP contribution in [0.1, 0.15) is 24.1 Å². The van der Waals surface area contributed by atoms with Crippen LogP contribution < -0.4 is 19.1 Å². The van der Waals surface area contributed by atoms with Crippen LogP contribution in [0.25, 0.3) is 0 Å². The van der Waals surface area contributed by atoms with E-state index in [4.69, 9.17) is 21.1 Å². The molecule has 0 aliphatic carbocycles. The molecule has 1 amide bonds. The molecule has 0 saturated carbocycles. The maximum Gasteiger partial charge on any atom is 0.264 e. The Balaban J connectivity index is 1.93. The van der Waals surface area contributed by atoms with Crippen LogP contribution in [-0.2, 0) is 14.8 Å². The van der Waals surface area contributed by atoms with E-state index in [9.17, 15) is 13.2 Å². The molecule has 3 aromatic carbocycles. The van der Waals surface area contributed by atoms with Crippen molar-refractivity contribution < 1.29 is 22.7 Å². The van der Waals surface area contributed by atoms with Crippen molar-refractivity contribution >= 4 is 33.2 Å². The number of nitrogens with zero attached hydrogens (tertiary/aromatic N) is 1. The molecule has 3 aromatic rings. The van der Waals surface area contributed by atoms with Crippen LogP contribution in [0.2, 0.25) is 5.02 Å². The van der Waals surface area contributed by atoms with E-state index in [2.05, 4.69) is 5.32 Å². The van der Waals surface area contributed by atoms with E-state index in [-0.39, 0.29) is 4.90 Å². The van der Waals surface area contributed by atoms with Crippen LogP contribution in [0, 0.1) is 6.92 Å². The van der Waals surface area contributed by atoms with Crippen LogP contribution in [0.3, 0.4) is 0 Å². The lowest BCUT2D eigenvalue weighted by atomic mass is 10.1. The van der Waals surface area contributed by atoms with Gasteiger partial charge < -0.3 is 14.8 Å². The quantitative estimate of drug-likeness (QED) is 0.457. The summed E-state index contributed by atoms with van der Waals surface area (Å²) < 4.78 is 38.8. The minimum absolute atomic E-state index is 0.0830. The average Bonchev–Trinajstić information content (AvgIpc) is 2.83. The van der Waals surface area contributed by atoms with Crippen LogP contribution >= 0.6 is 11.6 Å². The minimum atomic E-state index is -4.02. The first-order valence-electron chi connectivity index (χ1n) is 10.5. The smallest absolute Gasteiger partial charge is 0.264 e. The van der Waals surface area contributed by atoms with Crippen molar-refractivity contribution in [2.24, 2.45) is 0 Å². The van der Waals surface area contributed by atoms with E-state index in [1.807, 2.05) is 0 Å². The van der Waals surface area contributed by atoms with Gasteiger partial charge in [0.05, 0.1) is 30.8 Å². The van der Waals surface area contributed by atoms with Crippen LogP contribution in [0.5, 0.6) is 11.5 Å². The lowest BCUT2D eigenvalue weighted by molar-refractivity contribution is -0.120. The standard InChI is InChI=1S/C25H27ClN2O5S/c1-17-14-19(26)10-12-23(17)28(34(30,31)21-8-6-5-7-9-21)16-25(29)27-18(2)22-15-20(32-3)11-13-24(22)33-4/h5-15,18H,16H2,1-4H3,(H,27,29)/t18-/m0/s1. The molecular weight excluding hydrogens is 476 g/mol. The van der Waals surface area contributed by atoms with Crippen molar-refractivity contribution in [3.05, 3.63) is 82.9 Å². The number of nitrogens with one attached hydrogen (secondary N) is 1. The lowest BCUT2D eigenvalue weighted by Gasteiger charge is -2.27. The normalized spacial score (nSPS) is 12.0. The van der Waals surface area contributed by atoms with Gasteiger partial charge in [0.2, 0.25) is 5.91 Å². The highest BCUT2D eigenvalue weighted by Gasteiger charge is 2.29. The maximum atomic E-state index is 13.5. The number of hydrogen-bond acceptors (Lipinski definition) is 5. The summed E-state index contributed by atoms with van der Waals surface area (Å²) in [7, 11) is -0.934. The Kier molecular flexibility index (Phi) is 8.06. The van der Waals surface area contributed by atoms with Gasteiger partial charge in [-0.05, 0) is 67.9 Å². The van der Waals surface area contributed by atoms with Gasteiger partial charge in [0.25, 0.3) is 10.0 Å². The second kappa shape index (κ2) is 10.8. The van der Waals surface area contributed by atoms with Crippen LogP contribution in [0.15, 0.2) is 71.6 Å². The number of methoxy groups -OCH3 is 2. The molecule has 180 valence electrons. The maximum absolute atomic E-state index is 13.5. The summed E-state index contributed by atoms with van der Waals surface area (Å²) in [5, 5.41) is 3.34. The number of halogens is 1. The molecule has 9 heteroatoms. The number of carbonyl (C=O) groups excluding carboxylic acids is 1. The number of aryl methyl sites for hydroxylation is 1. The third-order valence-corrected chi connectivity index (χ3v) is 7.34. The SMILES string of the molecule is COc1ccc(OC)c([C@H](C)NC(=O)CN(c2ccc(Cl)cc2C)S(=O)(=O)c2ccccc2)c1. The molecule has 0 heterocycles. The number of hydrogen-bond donors (Lipinski definition) is 1. The molecule has 1 atom stereocenters. The van der Waals surface area contributed by atoms with Gasteiger partial charge in [0.1, 0.15) is 18.0 Å². The van der Waals surface area contributed by atoms with E-state index in [1.54, 1.807) is 75.6 Å². The van der Waals surface area contributed by atoms with Gasteiger partial charge in [0.15, 0.2) is 0 Å². The highest BCUT2D eigenvalue weighted by atomic mass is 35.5. The highest BCUT2D eigenvalue weighted by Crippen LogP contribution is 2.31. The first-order chi connectivity index (χ1) is 16.2.